The standard InChI is InChI=1S/C50H51ClO7/c1-2-36-23-25-37(26-24-36)27-42-28-43(45(53)29-44(42)51)50(35-52)49(57-33-41-21-13-6-14-22-41)48(56-32-40-19-11-5-12-20-40)47(55-31-39-17-9-4-10-18-39)46(58-50)34-54-30-38-15-7-3-8-16-38/h3-26,28-29,46-49,52-53H,2,27,30-35H2,1H3. The lowest BCUT2D eigenvalue weighted by Crippen LogP contribution is -2.66. The van der Waals surface area contributed by atoms with E-state index >= 15 is 0 Å². The summed E-state index contributed by atoms with van der Waals surface area (Å²) in [5, 5.41) is 24.1. The number of phenols is 1. The van der Waals surface area contributed by atoms with Gasteiger partial charge in [-0.1, -0.05) is 164 Å². The van der Waals surface area contributed by atoms with Crippen molar-refractivity contribution in [3.63, 3.8) is 0 Å². The summed E-state index contributed by atoms with van der Waals surface area (Å²) in [6, 6.07) is 51.4. The van der Waals surface area contributed by atoms with Gasteiger partial charge in [0.15, 0.2) is 0 Å². The minimum atomic E-state index is -1.65. The molecule has 0 radical (unpaired) electrons. The number of rotatable bonds is 18. The first-order valence-corrected chi connectivity index (χ1v) is 20.3. The molecule has 1 aliphatic heterocycles. The predicted octanol–water partition coefficient (Wildman–Crippen LogP) is 9.76. The number of ether oxygens (including phenoxy) is 5. The van der Waals surface area contributed by atoms with E-state index in [1.165, 1.54) is 11.6 Å². The quantitative estimate of drug-likeness (QED) is 0.0896. The fraction of sp³-hybridized carbons (Fsp3) is 0.280. The second-order valence-corrected chi connectivity index (χ2v) is 15.2. The molecule has 0 aliphatic carbocycles. The van der Waals surface area contributed by atoms with Gasteiger partial charge < -0.3 is 33.9 Å². The first kappa shape index (κ1) is 41.3. The Morgan fingerprint density at radius 1 is 0.586 bits per heavy atom. The van der Waals surface area contributed by atoms with Crippen LogP contribution in [-0.2, 0) is 68.6 Å². The number of aliphatic hydroxyl groups is 1. The Balaban J connectivity index is 1.33. The molecular weight excluding hydrogens is 748 g/mol. The summed E-state index contributed by atoms with van der Waals surface area (Å²) in [5.74, 6) is -0.133. The average Bonchev–Trinajstić information content (AvgIpc) is 3.27. The molecule has 2 N–H and O–H groups in total. The molecule has 7 nitrogen and oxygen atoms in total. The van der Waals surface area contributed by atoms with Gasteiger partial charge >= 0.3 is 0 Å². The lowest BCUT2D eigenvalue weighted by atomic mass is 9.78. The SMILES string of the molecule is CCc1ccc(Cc2cc(C3(CO)OC(COCc4ccccc4)C(OCc4ccccc4)C(OCc4ccccc4)C3OCc3ccccc3)c(O)cc2Cl)cc1. The topological polar surface area (TPSA) is 86.6 Å². The molecule has 0 spiro atoms. The van der Waals surface area contributed by atoms with E-state index in [4.69, 9.17) is 35.3 Å². The van der Waals surface area contributed by atoms with Crippen LogP contribution in [0.25, 0.3) is 0 Å². The molecule has 0 bridgehead atoms. The average molecular weight is 799 g/mol. The first-order valence-electron chi connectivity index (χ1n) is 19.9. The monoisotopic (exact) mass is 798 g/mol. The zero-order valence-corrected chi connectivity index (χ0v) is 33.5. The summed E-state index contributed by atoms with van der Waals surface area (Å²) in [5.41, 5.74) is 5.58. The molecular formula is C50H51ClO7. The van der Waals surface area contributed by atoms with Crippen LogP contribution in [0.15, 0.2) is 158 Å². The molecule has 0 saturated carbocycles. The van der Waals surface area contributed by atoms with Crippen LogP contribution in [0.5, 0.6) is 5.75 Å². The number of aryl methyl sites for hydroxylation is 1. The number of hydrogen-bond acceptors (Lipinski definition) is 7. The second-order valence-electron chi connectivity index (χ2n) is 14.8. The highest BCUT2D eigenvalue weighted by atomic mass is 35.5. The Hall–Kier alpha value is -4.83. The maximum atomic E-state index is 11.9. The Morgan fingerprint density at radius 3 is 1.59 bits per heavy atom. The Morgan fingerprint density at radius 2 is 1.07 bits per heavy atom. The molecule has 8 heteroatoms. The zero-order valence-electron chi connectivity index (χ0n) is 32.8. The maximum absolute atomic E-state index is 11.9. The molecule has 0 amide bonds. The molecule has 1 heterocycles. The molecule has 1 saturated heterocycles. The van der Waals surface area contributed by atoms with E-state index in [0.29, 0.717) is 23.6 Å². The highest BCUT2D eigenvalue weighted by Crippen LogP contribution is 2.47. The van der Waals surface area contributed by atoms with E-state index in [1.54, 1.807) is 0 Å². The van der Waals surface area contributed by atoms with Crippen molar-refractivity contribution < 1.29 is 33.9 Å². The second kappa shape index (κ2) is 20.2. The summed E-state index contributed by atoms with van der Waals surface area (Å²) in [6.45, 7) is 2.66. The molecule has 5 unspecified atom stereocenters. The van der Waals surface area contributed by atoms with Crippen LogP contribution >= 0.6 is 11.6 Å². The fourth-order valence-corrected chi connectivity index (χ4v) is 7.81. The molecule has 300 valence electrons. The van der Waals surface area contributed by atoms with E-state index in [0.717, 1.165) is 39.8 Å². The number of aromatic hydroxyl groups is 1. The van der Waals surface area contributed by atoms with Gasteiger partial charge in [0.05, 0.1) is 39.6 Å². The summed E-state index contributed by atoms with van der Waals surface area (Å²) in [4.78, 5) is 0. The van der Waals surface area contributed by atoms with Crippen molar-refractivity contribution in [2.75, 3.05) is 13.2 Å². The summed E-state index contributed by atoms with van der Waals surface area (Å²) in [7, 11) is 0. The van der Waals surface area contributed by atoms with E-state index in [1.807, 2.05) is 127 Å². The van der Waals surface area contributed by atoms with E-state index in [2.05, 4.69) is 31.2 Å². The van der Waals surface area contributed by atoms with Gasteiger partial charge in [0.2, 0.25) is 0 Å². The summed E-state index contributed by atoms with van der Waals surface area (Å²) in [6.07, 6.45) is -1.89. The van der Waals surface area contributed by atoms with Gasteiger partial charge in [0.1, 0.15) is 35.8 Å². The van der Waals surface area contributed by atoms with Gasteiger partial charge in [-0.25, -0.2) is 0 Å². The third-order valence-corrected chi connectivity index (χ3v) is 11.1. The van der Waals surface area contributed by atoms with Crippen molar-refractivity contribution in [1.82, 2.24) is 0 Å². The van der Waals surface area contributed by atoms with E-state index in [-0.39, 0.29) is 32.2 Å². The largest absolute Gasteiger partial charge is 0.508 e. The smallest absolute Gasteiger partial charge is 0.149 e. The fourth-order valence-electron chi connectivity index (χ4n) is 7.58. The Bertz CT molecular complexity index is 2130. The minimum absolute atomic E-state index is 0.0949. The molecule has 1 aliphatic rings. The molecule has 1 fully saturated rings. The van der Waals surface area contributed by atoms with Crippen molar-refractivity contribution in [2.45, 2.75) is 76.2 Å². The molecule has 58 heavy (non-hydrogen) atoms. The van der Waals surface area contributed by atoms with Crippen LogP contribution in [0.1, 0.15) is 51.4 Å². The van der Waals surface area contributed by atoms with Gasteiger partial charge in [-0.05, 0) is 63.9 Å². The third kappa shape index (κ3) is 10.2. The van der Waals surface area contributed by atoms with Crippen molar-refractivity contribution in [3.05, 3.63) is 207 Å². The van der Waals surface area contributed by atoms with Crippen LogP contribution < -0.4 is 0 Å². The normalized spacial score (nSPS) is 20.5. The number of benzene rings is 6. The third-order valence-electron chi connectivity index (χ3n) is 10.7. The molecule has 6 aromatic carbocycles. The van der Waals surface area contributed by atoms with Crippen molar-refractivity contribution in [2.24, 2.45) is 0 Å². The van der Waals surface area contributed by atoms with E-state index < -0.39 is 36.6 Å². The van der Waals surface area contributed by atoms with Crippen molar-refractivity contribution in [1.29, 1.82) is 0 Å². The van der Waals surface area contributed by atoms with Gasteiger partial charge in [-0.3, -0.25) is 0 Å². The van der Waals surface area contributed by atoms with Crippen LogP contribution in [0.3, 0.4) is 0 Å². The first-order chi connectivity index (χ1) is 28.5. The van der Waals surface area contributed by atoms with Crippen LogP contribution in [0.4, 0.5) is 0 Å². The Kier molecular flexibility index (Phi) is 14.4. The maximum Gasteiger partial charge on any atom is 0.149 e. The van der Waals surface area contributed by atoms with Gasteiger partial charge in [-0.15, -0.1) is 0 Å². The lowest BCUT2D eigenvalue weighted by Gasteiger charge is -2.52. The number of halogens is 1. The summed E-state index contributed by atoms with van der Waals surface area (Å²) >= 11 is 6.88. The minimum Gasteiger partial charge on any atom is -0.508 e. The van der Waals surface area contributed by atoms with E-state index in [9.17, 15) is 10.2 Å². The zero-order chi connectivity index (χ0) is 40.2. The highest BCUT2D eigenvalue weighted by Gasteiger charge is 2.58. The van der Waals surface area contributed by atoms with Gasteiger partial charge in [-0.2, -0.15) is 0 Å². The van der Waals surface area contributed by atoms with Gasteiger partial charge in [0.25, 0.3) is 0 Å². The van der Waals surface area contributed by atoms with Crippen LogP contribution in [0.2, 0.25) is 5.02 Å². The highest BCUT2D eigenvalue weighted by molar-refractivity contribution is 6.31. The van der Waals surface area contributed by atoms with Crippen LogP contribution in [0, 0.1) is 0 Å². The predicted molar refractivity (Wildman–Crippen MR) is 227 cm³/mol. The number of hydrogen-bond donors (Lipinski definition) is 2. The van der Waals surface area contributed by atoms with Crippen molar-refractivity contribution in [3.8, 4) is 5.75 Å². The van der Waals surface area contributed by atoms with Gasteiger partial charge in [0, 0.05) is 10.6 Å². The number of phenolic OH excluding ortho intramolecular Hbond substituents is 1. The van der Waals surface area contributed by atoms with Crippen molar-refractivity contribution >= 4 is 11.6 Å². The lowest BCUT2D eigenvalue weighted by molar-refractivity contribution is -0.320. The molecule has 7 rings (SSSR count). The molecule has 0 aromatic heterocycles. The molecule has 6 aromatic rings. The Labute approximate surface area is 346 Å². The van der Waals surface area contributed by atoms with Crippen LogP contribution in [-0.4, -0.2) is 47.8 Å². The number of aliphatic hydroxyl groups excluding tert-OH is 1. The summed E-state index contributed by atoms with van der Waals surface area (Å²) < 4.78 is 34.3. The molecule has 5 atom stereocenters.